The zero-order valence-corrected chi connectivity index (χ0v) is 14.8. The summed E-state index contributed by atoms with van der Waals surface area (Å²) in [5, 5.41) is 18.0. The summed E-state index contributed by atoms with van der Waals surface area (Å²) in [5.74, 6) is -0.997. The summed E-state index contributed by atoms with van der Waals surface area (Å²) in [6.45, 7) is -0.733. The van der Waals surface area contributed by atoms with Crippen LogP contribution >= 0.6 is 11.6 Å². The highest BCUT2D eigenvalue weighted by molar-refractivity contribution is 7.91. The Balaban J connectivity index is 2.43. The highest BCUT2D eigenvalue weighted by Gasteiger charge is 2.16. The third-order valence-corrected chi connectivity index (χ3v) is 5.40. The van der Waals surface area contributed by atoms with Crippen molar-refractivity contribution < 1.29 is 28.2 Å². The van der Waals surface area contributed by atoms with Crippen molar-refractivity contribution in [2.75, 3.05) is 19.0 Å². The summed E-state index contributed by atoms with van der Waals surface area (Å²) in [4.78, 5) is 10.8. The summed E-state index contributed by atoms with van der Waals surface area (Å²) in [7, 11) is -3.53. The van der Waals surface area contributed by atoms with E-state index in [1.165, 1.54) is 18.2 Å². The average Bonchev–Trinajstić information content (AvgIpc) is 2.59. The Kier molecular flexibility index (Phi) is 6.41. The molecule has 0 spiro atoms. The van der Waals surface area contributed by atoms with Gasteiger partial charge in [-0.15, -0.1) is 0 Å². The standard InChI is InChI=1S/C17H17ClO6S/c18-13-5-6-16(24-11-17(20)21)15(10-13)12-3-1-4-14(9-12)25(22,23)8-2-7-19/h1,3-6,9-10,19H,2,7-8,11H2,(H,20,21). The van der Waals surface area contributed by atoms with E-state index in [9.17, 15) is 13.2 Å². The fraction of sp³-hybridized carbons (Fsp3) is 0.235. The lowest BCUT2D eigenvalue weighted by Crippen LogP contribution is -2.10. The molecule has 0 fully saturated rings. The quantitative estimate of drug-likeness (QED) is 0.725. The number of hydrogen-bond donors (Lipinski definition) is 2. The molecule has 8 heteroatoms. The van der Waals surface area contributed by atoms with Crippen LogP contribution in [-0.4, -0.2) is 43.6 Å². The maximum Gasteiger partial charge on any atom is 0.341 e. The SMILES string of the molecule is O=C(O)COc1ccc(Cl)cc1-c1cccc(S(=O)(=O)CCCO)c1. The van der Waals surface area contributed by atoms with Gasteiger partial charge in [0.25, 0.3) is 0 Å². The number of ether oxygens (including phenoxy) is 1. The number of aliphatic carboxylic acids is 1. The van der Waals surface area contributed by atoms with Crippen LogP contribution in [0.5, 0.6) is 5.75 Å². The van der Waals surface area contributed by atoms with E-state index in [0.717, 1.165) is 0 Å². The number of aliphatic hydroxyl groups is 1. The lowest BCUT2D eigenvalue weighted by molar-refractivity contribution is -0.139. The van der Waals surface area contributed by atoms with Crippen LogP contribution < -0.4 is 4.74 Å². The van der Waals surface area contributed by atoms with Crippen molar-refractivity contribution in [3.63, 3.8) is 0 Å². The molecular formula is C17H17ClO6S. The van der Waals surface area contributed by atoms with E-state index in [4.69, 9.17) is 26.6 Å². The third kappa shape index (κ3) is 5.19. The molecule has 0 unspecified atom stereocenters. The van der Waals surface area contributed by atoms with Gasteiger partial charge in [-0.2, -0.15) is 0 Å². The van der Waals surface area contributed by atoms with Crippen molar-refractivity contribution >= 4 is 27.4 Å². The van der Waals surface area contributed by atoms with Gasteiger partial charge in [-0.3, -0.25) is 0 Å². The zero-order valence-electron chi connectivity index (χ0n) is 13.2. The Morgan fingerprint density at radius 2 is 1.92 bits per heavy atom. The van der Waals surface area contributed by atoms with Crippen LogP contribution in [-0.2, 0) is 14.6 Å². The van der Waals surface area contributed by atoms with E-state index in [1.807, 2.05) is 0 Å². The second-order valence-electron chi connectivity index (χ2n) is 5.25. The minimum absolute atomic E-state index is 0.114. The predicted molar refractivity (Wildman–Crippen MR) is 93.8 cm³/mol. The van der Waals surface area contributed by atoms with Crippen molar-refractivity contribution in [3.8, 4) is 16.9 Å². The van der Waals surface area contributed by atoms with Gasteiger partial charge in [0.2, 0.25) is 0 Å². The van der Waals surface area contributed by atoms with E-state index in [1.54, 1.807) is 24.3 Å². The topological polar surface area (TPSA) is 101 Å². The molecule has 2 aromatic rings. The normalized spacial score (nSPS) is 11.3. The highest BCUT2D eigenvalue weighted by Crippen LogP contribution is 2.34. The maximum atomic E-state index is 12.3. The molecule has 6 nitrogen and oxygen atoms in total. The van der Waals surface area contributed by atoms with Gasteiger partial charge in [0.05, 0.1) is 10.6 Å². The minimum Gasteiger partial charge on any atom is -0.481 e. The Hall–Kier alpha value is -2.09. The van der Waals surface area contributed by atoms with E-state index in [2.05, 4.69) is 0 Å². The predicted octanol–water partition coefficient (Wildman–Crippen LogP) is 2.63. The summed E-state index contributed by atoms with van der Waals surface area (Å²) >= 11 is 6.01. The Bertz CT molecular complexity index is 863. The number of aliphatic hydroxyl groups excluding tert-OH is 1. The molecule has 0 aliphatic heterocycles. The number of carboxylic acids is 1. The number of sulfone groups is 1. The summed E-state index contributed by atoms with van der Waals surface area (Å²) in [6.07, 6.45) is 0.150. The van der Waals surface area contributed by atoms with Gasteiger partial charge in [0.1, 0.15) is 5.75 Å². The first kappa shape index (κ1) is 19.2. The van der Waals surface area contributed by atoms with Crippen LogP contribution in [0.15, 0.2) is 47.4 Å². The number of hydrogen-bond acceptors (Lipinski definition) is 5. The summed E-state index contributed by atoms with van der Waals surface area (Å²) < 4.78 is 29.8. The molecule has 0 saturated carbocycles. The second kappa shape index (κ2) is 8.33. The fourth-order valence-corrected chi connectivity index (χ4v) is 3.73. The van der Waals surface area contributed by atoms with Gasteiger partial charge in [-0.1, -0.05) is 23.7 Å². The summed E-state index contributed by atoms with van der Waals surface area (Å²) in [5.41, 5.74) is 1.03. The molecular weight excluding hydrogens is 368 g/mol. The molecule has 0 aromatic heterocycles. The molecule has 134 valence electrons. The molecule has 25 heavy (non-hydrogen) atoms. The largest absolute Gasteiger partial charge is 0.481 e. The van der Waals surface area contributed by atoms with Crippen molar-refractivity contribution in [1.29, 1.82) is 0 Å². The van der Waals surface area contributed by atoms with Gasteiger partial charge in [0.15, 0.2) is 16.4 Å². The minimum atomic E-state index is -3.53. The first-order valence-corrected chi connectivity index (χ1v) is 9.45. The Morgan fingerprint density at radius 3 is 2.60 bits per heavy atom. The molecule has 0 saturated heterocycles. The van der Waals surface area contributed by atoms with E-state index >= 15 is 0 Å². The molecule has 0 radical (unpaired) electrons. The smallest absolute Gasteiger partial charge is 0.341 e. The van der Waals surface area contributed by atoms with Crippen LogP contribution in [0.1, 0.15) is 6.42 Å². The van der Waals surface area contributed by atoms with Gasteiger partial charge >= 0.3 is 5.97 Å². The molecule has 0 aliphatic carbocycles. The molecule has 0 amide bonds. The number of halogens is 1. The lowest BCUT2D eigenvalue weighted by Gasteiger charge is -2.12. The molecule has 0 bridgehead atoms. The van der Waals surface area contributed by atoms with Crippen LogP contribution in [0.25, 0.3) is 11.1 Å². The first-order valence-electron chi connectivity index (χ1n) is 7.41. The van der Waals surface area contributed by atoms with E-state index in [-0.39, 0.29) is 29.4 Å². The van der Waals surface area contributed by atoms with Crippen molar-refractivity contribution in [1.82, 2.24) is 0 Å². The molecule has 0 heterocycles. The number of rotatable bonds is 8. The maximum absolute atomic E-state index is 12.3. The van der Waals surface area contributed by atoms with Crippen molar-refractivity contribution in [2.45, 2.75) is 11.3 Å². The number of benzene rings is 2. The van der Waals surface area contributed by atoms with Gasteiger partial charge in [0, 0.05) is 17.2 Å². The van der Waals surface area contributed by atoms with E-state index < -0.39 is 22.4 Å². The Labute approximate surface area is 150 Å². The first-order chi connectivity index (χ1) is 11.8. The van der Waals surface area contributed by atoms with Gasteiger partial charge in [-0.05, 0) is 42.3 Å². The second-order valence-corrected chi connectivity index (χ2v) is 7.79. The van der Waals surface area contributed by atoms with E-state index in [0.29, 0.717) is 16.1 Å². The van der Waals surface area contributed by atoms with Crippen LogP contribution in [0.2, 0.25) is 5.02 Å². The van der Waals surface area contributed by atoms with Gasteiger partial charge in [-0.25, -0.2) is 13.2 Å². The van der Waals surface area contributed by atoms with Crippen LogP contribution in [0, 0.1) is 0 Å². The molecule has 2 rings (SSSR count). The number of carboxylic acid groups (broad SMARTS) is 1. The van der Waals surface area contributed by atoms with Crippen molar-refractivity contribution in [3.05, 3.63) is 47.5 Å². The van der Waals surface area contributed by atoms with Crippen LogP contribution in [0.4, 0.5) is 0 Å². The molecule has 2 N–H and O–H groups in total. The van der Waals surface area contributed by atoms with Crippen LogP contribution in [0.3, 0.4) is 0 Å². The average molecular weight is 385 g/mol. The lowest BCUT2D eigenvalue weighted by atomic mass is 10.0. The molecule has 2 aromatic carbocycles. The third-order valence-electron chi connectivity index (χ3n) is 3.37. The van der Waals surface area contributed by atoms with Crippen molar-refractivity contribution in [2.24, 2.45) is 0 Å². The highest BCUT2D eigenvalue weighted by atomic mass is 35.5. The zero-order chi connectivity index (χ0) is 18.4. The molecule has 0 atom stereocenters. The van der Waals surface area contributed by atoms with Gasteiger partial charge < -0.3 is 14.9 Å². The molecule has 0 aliphatic rings. The monoisotopic (exact) mass is 384 g/mol. The summed E-state index contributed by atoms with van der Waals surface area (Å²) in [6, 6.07) is 10.9. The Morgan fingerprint density at radius 1 is 1.16 bits per heavy atom. The number of carbonyl (C=O) groups is 1. The fourth-order valence-electron chi connectivity index (χ4n) is 2.22.